The van der Waals surface area contributed by atoms with Crippen LogP contribution in [0.2, 0.25) is 0 Å². The fraction of sp³-hybridized carbons (Fsp3) is 0.286. The van der Waals surface area contributed by atoms with Crippen molar-refractivity contribution in [1.29, 1.82) is 0 Å². The molecule has 3 rings (SSSR count). The molecule has 2 aromatic carbocycles. The monoisotopic (exact) mass is 383 g/mol. The molecule has 0 fully saturated rings. The van der Waals surface area contributed by atoms with E-state index in [1.165, 1.54) is 29.3 Å². The number of carbonyl (C=O) groups excluding carboxylic acids is 2. The molecule has 0 bridgehead atoms. The van der Waals surface area contributed by atoms with E-state index in [2.05, 4.69) is 10.4 Å². The summed E-state index contributed by atoms with van der Waals surface area (Å²) >= 11 is 0. The number of hydrogen-bond acceptors (Lipinski definition) is 4. The Labute approximate surface area is 163 Å². The average Bonchev–Trinajstić information content (AvgIpc) is 2.69. The van der Waals surface area contributed by atoms with Gasteiger partial charge in [-0.2, -0.15) is 5.10 Å². The maximum atomic E-state index is 12.9. The first-order valence-electron chi connectivity index (χ1n) is 9.08. The number of amides is 2. The van der Waals surface area contributed by atoms with Gasteiger partial charge in [0, 0.05) is 12.8 Å². The Morgan fingerprint density at radius 1 is 1.18 bits per heavy atom. The van der Waals surface area contributed by atoms with E-state index in [1.54, 1.807) is 0 Å². The highest BCUT2D eigenvalue weighted by atomic mass is 19.1. The predicted octanol–water partition coefficient (Wildman–Crippen LogP) is 3.12. The van der Waals surface area contributed by atoms with Crippen molar-refractivity contribution in [1.82, 2.24) is 5.32 Å². The zero-order valence-electron chi connectivity index (χ0n) is 15.9. The number of nitrogens with one attached hydrogen (secondary N) is 1. The Morgan fingerprint density at radius 3 is 2.68 bits per heavy atom. The largest absolute Gasteiger partial charge is 0.492 e. The number of ether oxygens (including phenoxy) is 1. The molecule has 0 unspecified atom stereocenters. The van der Waals surface area contributed by atoms with E-state index in [0.717, 1.165) is 11.1 Å². The van der Waals surface area contributed by atoms with Crippen molar-refractivity contribution in [2.45, 2.75) is 26.7 Å². The SMILES string of the molecule is Cc1ccc(C)c(N2N=C(C(=O)NCCOc3ccc(F)cc3)CCC2=O)c1. The molecular formula is C21H22FN3O3. The van der Waals surface area contributed by atoms with Crippen LogP contribution >= 0.6 is 0 Å². The minimum absolute atomic E-state index is 0.134. The summed E-state index contributed by atoms with van der Waals surface area (Å²) in [5.41, 5.74) is 2.92. The van der Waals surface area contributed by atoms with Crippen molar-refractivity contribution in [3.8, 4) is 5.75 Å². The van der Waals surface area contributed by atoms with Crippen LogP contribution in [0.3, 0.4) is 0 Å². The van der Waals surface area contributed by atoms with Crippen LogP contribution in [0.25, 0.3) is 0 Å². The lowest BCUT2D eigenvalue weighted by atomic mass is 10.1. The number of carbonyl (C=O) groups is 2. The summed E-state index contributed by atoms with van der Waals surface area (Å²) in [4.78, 5) is 24.7. The van der Waals surface area contributed by atoms with Gasteiger partial charge >= 0.3 is 0 Å². The number of benzene rings is 2. The minimum Gasteiger partial charge on any atom is -0.492 e. The highest BCUT2D eigenvalue weighted by molar-refractivity contribution is 6.40. The average molecular weight is 383 g/mol. The third-order valence-electron chi connectivity index (χ3n) is 4.36. The first-order valence-corrected chi connectivity index (χ1v) is 9.08. The van der Waals surface area contributed by atoms with Gasteiger partial charge in [-0.3, -0.25) is 9.59 Å². The first-order chi connectivity index (χ1) is 13.4. The number of rotatable bonds is 6. The zero-order valence-corrected chi connectivity index (χ0v) is 15.9. The summed E-state index contributed by atoms with van der Waals surface area (Å²) in [6.07, 6.45) is 0.524. The van der Waals surface area contributed by atoms with Gasteiger partial charge in [0.15, 0.2) is 0 Å². The zero-order chi connectivity index (χ0) is 20.1. The molecule has 0 aromatic heterocycles. The highest BCUT2D eigenvalue weighted by Gasteiger charge is 2.26. The van der Waals surface area contributed by atoms with Gasteiger partial charge < -0.3 is 10.1 Å². The predicted molar refractivity (Wildman–Crippen MR) is 105 cm³/mol. The van der Waals surface area contributed by atoms with Crippen molar-refractivity contribution in [2.75, 3.05) is 18.2 Å². The molecule has 0 saturated carbocycles. The second-order valence-electron chi connectivity index (χ2n) is 6.60. The lowest BCUT2D eigenvalue weighted by Crippen LogP contribution is -2.40. The third kappa shape index (κ3) is 4.73. The fourth-order valence-corrected chi connectivity index (χ4v) is 2.82. The van der Waals surface area contributed by atoms with Crippen molar-refractivity contribution in [3.63, 3.8) is 0 Å². The minimum atomic E-state index is -0.334. The van der Waals surface area contributed by atoms with Crippen LogP contribution in [0.5, 0.6) is 5.75 Å². The quantitative estimate of drug-likeness (QED) is 0.779. The van der Waals surface area contributed by atoms with E-state index in [9.17, 15) is 14.0 Å². The van der Waals surface area contributed by atoms with E-state index in [1.807, 2.05) is 32.0 Å². The van der Waals surface area contributed by atoms with Gasteiger partial charge in [-0.15, -0.1) is 0 Å². The van der Waals surface area contributed by atoms with Crippen LogP contribution < -0.4 is 15.1 Å². The molecule has 2 amide bonds. The second-order valence-corrected chi connectivity index (χ2v) is 6.60. The topological polar surface area (TPSA) is 71.0 Å². The molecule has 1 N–H and O–H groups in total. The molecule has 0 saturated heterocycles. The van der Waals surface area contributed by atoms with Crippen molar-refractivity contribution < 1.29 is 18.7 Å². The summed E-state index contributed by atoms with van der Waals surface area (Å²) < 4.78 is 18.3. The summed E-state index contributed by atoms with van der Waals surface area (Å²) in [5, 5.41) is 8.34. The lowest BCUT2D eigenvalue weighted by molar-refractivity contribution is -0.119. The molecule has 7 heteroatoms. The Bertz CT molecular complexity index is 910. The normalized spacial score (nSPS) is 13.9. The number of halogens is 1. The second kappa shape index (κ2) is 8.65. The molecule has 0 radical (unpaired) electrons. The molecule has 1 heterocycles. The molecule has 146 valence electrons. The van der Waals surface area contributed by atoms with Crippen molar-refractivity contribution in [3.05, 3.63) is 59.4 Å². The maximum absolute atomic E-state index is 12.9. The lowest BCUT2D eigenvalue weighted by Gasteiger charge is -2.24. The molecular weight excluding hydrogens is 361 g/mol. The van der Waals surface area contributed by atoms with Crippen LogP contribution in [0.15, 0.2) is 47.6 Å². The van der Waals surface area contributed by atoms with Gasteiger partial charge in [0.05, 0.1) is 12.2 Å². The van der Waals surface area contributed by atoms with Crippen molar-refractivity contribution in [2.24, 2.45) is 5.10 Å². The number of aryl methyl sites for hydroxylation is 2. The van der Waals surface area contributed by atoms with E-state index in [4.69, 9.17) is 4.74 Å². The number of anilines is 1. The summed E-state index contributed by atoms with van der Waals surface area (Å²) in [6.45, 7) is 4.35. The Balaban J connectivity index is 1.60. The van der Waals surface area contributed by atoms with E-state index in [-0.39, 0.29) is 37.2 Å². The highest BCUT2D eigenvalue weighted by Crippen LogP contribution is 2.25. The van der Waals surface area contributed by atoms with Gasteiger partial charge in [0.1, 0.15) is 23.9 Å². The van der Waals surface area contributed by atoms with Crippen LogP contribution in [0.1, 0.15) is 24.0 Å². The summed E-state index contributed by atoms with van der Waals surface area (Å²) in [7, 11) is 0. The molecule has 0 aliphatic carbocycles. The van der Waals surface area contributed by atoms with Gasteiger partial charge in [0.25, 0.3) is 5.91 Å². The standard InChI is InChI=1S/C21H22FN3O3/c1-14-3-4-15(2)19(13-14)25-20(26)10-9-18(24-25)21(27)23-11-12-28-17-7-5-16(22)6-8-17/h3-8,13H,9-12H2,1-2H3,(H,23,27). The molecule has 0 spiro atoms. The molecule has 2 aromatic rings. The van der Waals surface area contributed by atoms with Crippen LogP contribution in [-0.2, 0) is 9.59 Å². The molecule has 1 aliphatic rings. The summed E-state index contributed by atoms with van der Waals surface area (Å²) in [6, 6.07) is 11.4. The van der Waals surface area contributed by atoms with Crippen LogP contribution in [-0.4, -0.2) is 30.7 Å². The van der Waals surface area contributed by atoms with Gasteiger partial charge in [0.2, 0.25) is 5.91 Å². The van der Waals surface area contributed by atoms with E-state index >= 15 is 0 Å². The van der Waals surface area contributed by atoms with E-state index < -0.39 is 0 Å². The first kappa shape index (κ1) is 19.5. The Kier molecular flexibility index (Phi) is 6.03. The number of nitrogens with zero attached hydrogens (tertiary/aromatic N) is 2. The van der Waals surface area contributed by atoms with Crippen molar-refractivity contribution >= 4 is 23.2 Å². The number of hydrazone groups is 1. The molecule has 1 aliphatic heterocycles. The summed E-state index contributed by atoms with van der Waals surface area (Å²) in [5.74, 6) is -0.272. The van der Waals surface area contributed by atoms with Gasteiger partial charge in [-0.1, -0.05) is 12.1 Å². The third-order valence-corrected chi connectivity index (χ3v) is 4.36. The molecule has 6 nitrogen and oxygen atoms in total. The fourth-order valence-electron chi connectivity index (χ4n) is 2.82. The molecule has 0 atom stereocenters. The number of hydrogen-bond donors (Lipinski definition) is 1. The Hall–Kier alpha value is -3.22. The van der Waals surface area contributed by atoms with E-state index in [0.29, 0.717) is 23.6 Å². The maximum Gasteiger partial charge on any atom is 0.267 e. The smallest absolute Gasteiger partial charge is 0.267 e. The Morgan fingerprint density at radius 2 is 1.93 bits per heavy atom. The van der Waals surface area contributed by atoms with Crippen LogP contribution in [0.4, 0.5) is 10.1 Å². The van der Waals surface area contributed by atoms with Crippen LogP contribution in [0, 0.1) is 19.7 Å². The molecule has 28 heavy (non-hydrogen) atoms. The van der Waals surface area contributed by atoms with Gasteiger partial charge in [-0.05, 0) is 55.3 Å². The van der Waals surface area contributed by atoms with Gasteiger partial charge in [-0.25, -0.2) is 9.40 Å².